The normalized spacial score (nSPS) is 16.4. The molecule has 0 bridgehead atoms. The second-order valence-corrected chi connectivity index (χ2v) is 8.48. The molecular formula is C26H22O10. The lowest BCUT2D eigenvalue weighted by atomic mass is 9.70. The molecule has 0 saturated heterocycles. The highest BCUT2D eigenvalue weighted by Gasteiger charge is 2.40. The van der Waals surface area contributed by atoms with Gasteiger partial charge in [-0.3, -0.25) is 4.79 Å². The predicted molar refractivity (Wildman–Crippen MR) is 127 cm³/mol. The zero-order chi connectivity index (χ0) is 25.9. The average molecular weight is 494 g/mol. The maximum atomic E-state index is 13.9. The van der Waals surface area contributed by atoms with Crippen LogP contribution in [-0.4, -0.2) is 51.5 Å². The van der Waals surface area contributed by atoms with Gasteiger partial charge in [-0.15, -0.1) is 0 Å². The molecule has 2 atom stereocenters. The molecule has 10 nitrogen and oxygen atoms in total. The van der Waals surface area contributed by atoms with Crippen molar-refractivity contribution < 1.29 is 44.5 Å². The monoisotopic (exact) mass is 494 g/mol. The van der Waals surface area contributed by atoms with Gasteiger partial charge in [0.05, 0.1) is 26.4 Å². The van der Waals surface area contributed by atoms with E-state index in [-0.39, 0.29) is 50.9 Å². The van der Waals surface area contributed by atoms with Crippen molar-refractivity contribution in [2.75, 3.05) is 20.8 Å². The highest BCUT2D eigenvalue weighted by Crippen LogP contribution is 2.53. The van der Waals surface area contributed by atoms with E-state index in [0.717, 1.165) is 6.07 Å². The summed E-state index contributed by atoms with van der Waals surface area (Å²) >= 11 is 0. The Bertz CT molecular complexity index is 1560. The lowest BCUT2D eigenvalue weighted by Gasteiger charge is -2.34. The topological polar surface area (TPSA) is 170 Å². The first kappa shape index (κ1) is 23.2. The van der Waals surface area contributed by atoms with Crippen LogP contribution in [0.5, 0.6) is 40.2 Å². The van der Waals surface area contributed by atoms with Crippen LogP contribution in [0.1, 0.15) is 28.5 Å². The van der Waals surface area contributed by atoms with Gasteiger partial charge in [0.25, 0.3) is 0 Å². The maximum absolute atomic E-state index is 13.9. The number of methoxy groups -OCH3 is 2. The van der Waals surface area contributed by atoms with Crippen molar-refractivity contribution in [2.45, 2.75) is 11.8 Å². The molecule has 1 aromatic heterocycles. The fourth-order valence-corrected chi connectivity index (χ4v) is 4.95. The number of phenols is 5. The Balaban J connectivity index is 1.95. The van der Waals surface area contributed by atoms with Crippen LogP contribution in [0, 0.1) is 0 Å². The van der Waals surface area contributed by atoms with Crippen LogP contribution >= 0.6 is 0 Å². The van der Waals surface area contributed by atoms with Gasteiger partial charge in [-0.05, 0) is 35.4 Å². The highest BCUT2D eigenvalue weighted by molar-refractivity contribution is 5.89. The number of aliphatic hydroxyl groups excluding tert-OH is 1. The Morgan fingerprint density at radius 3 is 2.11 bits per heavy atom. The number of rotatable bonds is 4. The molecule has 5 rings (SSSR count). The lowest BCUT2D eigenvalue weighted by Crippen LogP contribution is -2.28. The molecule has 186 valence electrons. The molecule has 0 saturated carbocycles. The Morgan fingerprint density at radius 1 is 0.861 bits per heavy atom. The van der Waals surface area contributed by atoms with Crippen molar-refractivity contribution in [3.05, 3.63) is 63.3 Å². The lowest BCUT2D eigenvalue weighted by molar-refractivity contribution is 0.252. The second-order valence-electron chi connectivity index (χ2n) is 8.48. The molecule has 0 spiro atoms. The second kappa shape index (κ2) is 8.28. The van der Waals surface area contributed by atoms with Crippen LogP contribution in [0.15, 0.2) is 45.6 Å². The van der Waals surface area contributed by atoms with Gasteiger partial charge in [0, 0.05) is 29.5 Å². The molecule has 1 heterocycles. The van der Waals surface area contributed by atoms with E-state index in [1.54, 1.807) is 0 Å². The smallest absolute Gasteiger partial charge is 0.200 e. The fourth-order valence-electron chi connectivity index (χ4n) is 4.95. The summed E-state index contributed by atoms with van der Waals surface area (Å²) < 4.78 is 16.6. The molecule has 1 aliphatic rings. The molecule has 36 heavy (non-hydrogen) atoms. The van der Waals surface area contributed by atoms with Crippen molar-refractivity contribution in [3.63, 3.8) is 0 Å². The van der Waals surface area contributed by atoms with E-state index >= 15 is 0 Å². The summed E-state index contributed by atoms with van der Waals surface area (Å²) in [5, 5.41) is 61.6. The molecule has 10 heteroatoms. The van der Waals surface area contributed by atoms with E-state index < -0.39 is 41.1 Å². The summed E-state index contributed by atoms with van der Waals surface area (Å²) in [5.41, 5.74) is 0.353. The summed E-state index contributed by atoms with van der Waals surface area (Å²) in [6.45, 7) is -0.480. The van der Waals surface area contributed by atoms with Crippen LogP contribution in [0.4, 0.5) is 0 Å². The number of aliphatic hydroxyl groups is 1. The third-order valence-electron chi connectivity index (χ3n) is 6.56. The van der Waals surface area contributed by atoms with E-state index in [0.29, 0.717) is 11.1 Å². The van der Waals surface area contributed by atoms with Gasteiger partial charge in [-0.1, -0.05) is 0 Å². The van der Waals surface area contributed by atoms with E-state index in [1.165, 1.54) is 44.6 Å². The summed E-state index contributed by atoms with van der Waals surface area (Å²) in [4.78, 5) is 13.9. The van der Waals surface area contributed by atoms with Crippen molar-refractivity contribution in [1.82, 2.24) is 0 Å². The van der Waals surface area contributed by atoms with Crippen molar-refractivity contribution in [3.8, 4) is 51.6 Å². The van der Waals surface area contributed by atoms with E-state index in [4.69, 9.17) is 13.9 Å². The first-order valence-corrected chi connectivity index (χ1v) is 10.8. The fraction of sp³-hybridized carbons (Fsp3) is 0.192. The molecule has 4 aromatic rings. The largest absolute Gasteiger partial charge is 0.508 e. The van der Waals surface area contributed by atoms with Crippen LogP contribution in [0.3, 0.4) is 0 Å². The summed E-state index contributed by atoms with van der Waals surface area (Å²) in [6.07, 6.45) is 0. The van der Waals surface area contributed by atoms with Gasteiger partial charge in [-0.25, -0.2) is 0 Å². The van der Waals surface area contributed by atoms with Gasteiger partial charge in [0.15, 0.2) is 23.0 Å². The van der Waals surface area contributed by atoms with Gasteiger partial charge in [-0.2, -0.15) is 0 Å². The summed E-state index contributed by atoms with van der Waals surface area (Å²) in [5.74, 6) is -3.61. The number of phenolic OH excluding ortho intramolecular Hbond substituents is 5. The summed E-state index contributed by atoms with van der Waals surface area (Å²) in [7, 11) is 2.69. The van der Waals surface area contributed by atoms with Gasteiger partial charge < -0.3 is 44.5 Å². The Labute approximate surface area is 203 Å². The predicted octanol–water partition coefficient (Wildman–Crippen LogP) is 3.23. The molecule has 3 aromatic carbocycles. The molecule has 2 unspecified atom stereocenters. The van der Waals surface area contributed by atoms with Gasteiger partial charge in [0.1, 0.15) is 28.2 Å². The highest BCUT2D eigenvalue weighted by atomic mass is 16.5. The molecule has 0 amide bonds. The quantitative estimate of drug-likeness (QED) is 0.232. The minimum atomic E-state index is -0.918. The maximum Gasteiger partial charge on any atom is 0.200 e. The number of aromatic hydroxyl groups is 5. The van der Waals surface area contributed by atoms with Crippen LogP contribution < -0.4 is 14.9 Å². The van der Waals surface area contributed by atoms with Crippen LogP contribution in [0.25, 0.3) is 22.3 Å². The van der Waals surface area contributed by atoms with Crippen LogP contribution in [-0.2, 0) is 0 Å². The van der Waals surface area contributed by atoms with Crippen LogP contribution in [0.2, 0.25) is 0 Å². The number of fused-ring (bicyclic) bond motifs is 4. The standard InChI is InChI=1S/C26H22O10/c1-34-19-3-10(4-20(35-2)24(19)32)21-14(9-27)12-7-15(29)16(30)8-13(12)26-23(21)25(33)22-17(31)5-11(28)6-18(22)36-26/h3-8,14,21,27-32H,9H2,1-2H3. The molecular weight excluding hydrogens is 472 g/mol. The Kier molecular flexibility index (Phi) is 5.33. The Hall–Kier alpha value is -4.57. The first-order chi connectivity index (χ1) is 17.2. The van der Waals surface area contributed by atoms with Gasteiger partial charge in [0.2, 0.25) is 11.2 Å². The summed E-state index contributed by atoms with van der Waals surface area (Å²) in [6, 6.07) is 7.66. The van der Waals surface area contributed by atoms with Crippen molar-refractivity contribution >= 4 is 11.0 Å². The van der Waals surface area contributed by atoms with Crippen molar-refractivity contribution in [2.24, 2.45) is 0 Å². The number of hydrogen-bond acceptors (Lipinski definition) is 10. The molecule has 0 aliphatic heterocycles. The van der Waals surface area contributed by atoms with E-state index in [9.17, 15) is 35.4 Å². The first-order valence-electron chi connectivity index (χ1n) is 10.8. The SMILES string of the molecule is COc1cc(C2c3c(oc4cc(O)cc(O)c4c3=O)-c3cc(O)c(O)cc3C2CO)cc(OC)c1O. The minimum Gasteiger partial charge on any atom is -0.508 e. The zero-order valence-corrected chi connectivity index (χ0v) is 19.1. The van der Waals surface area contributed by atoms with Crippen molar-refractivity contribution in [1.29, 1.82) is 0 Å². The third kappa shape index (κ3) is 3.26. The Morgan fingerprint density at radius 2 is 1.50 bits per heavy atom. The number of ether oxygens (including phenoxy) is 2. The third-order valence-corrected chi connectivity index (χ3v) is 6.56. The molecule has 0 radical (unpaired) electrons. The minimum absolute atomic E-state index is 0.0171. The molecule has 0 fully saturated rings. The average Bonchev–Trinajstić information content (AvgIpc) is 2.84. The zero-order valence-electron chi connectivity index (χ0n) is 19.1. The van der Waals surface area contributed by atoms with E-state index in [2.05, 4.69) is 0 Å². The number of hydrogen-bond donors (Lipinski definition) is 6. The van der Waals surface area contributed by atoms with E-state index in [1.807, 2.05) is 0 Å². The number of benzene rings is 3. The van der Waals surface area contributed by atoms with Gasteiger partial charge >= 0.3 is 0 Å². The molecule has 6 N–H and O–H groups in total. The molecule has 1 aliphatic carbocycles.